The summed E-state index contributed by atoms with van der Waals surface area (Å²) in [5.74, 6) is -0.148. The summed E-state index contributed by atoms with van der Waals surface area (Å²) in [6.45, 7) is -2.89. The Balaban J connectivity index is 2.25. The first-order chi connectivity index (χ1) is 7.08. The Morgan fingerprint density at radius 3 is 2.93 bits per heavy atom. The van der Waals surface area contributed by atoms with Gasteiger partial charge < -0.3 is 15.6 Å². The molecule has 0 fully saturated rings. The molecule has 0 spiro atoms. The lowest BCUT2D eigenvalue weighted by molar-refractivity contribution is -0.0529. The number of halogens is 2. The van der Waals surface area contributed by atoms with Crippen LogP contribution in [0.3, 0.4) is 0 Å². The molecule has 0 aliphatic heterocycles. The van der Waals surface area contributed by atoms with Crippen molar-refractivity contribution in [3.8, 4) is 5.88 Å². The molecule has 82 valence electrons. The van der Waals surface area contributed by atoms with Crippen LogP contribution in [0.4, 0.5) is 8.78 Å². The first kappa shape index (κ1) is 10.3. The van der Waals surface area contributed by atoms with E-state index in [4.69, 9.17) is 5.73 Å². The number of alkyl halides is 2. The number of ether oxygens (including phenoxy) is 1. The molecule has 1 aliphatic carbocycles. The minimum absolute atomic E-state index is 0.148. The lowest BCUT2D eigenvalue weighted by atomic mass is 10.1. The number of hydrogen-bond donors (Lipinski definition) is 2. The predicted molar refractivity (Wildman–Crippen MR) is 47.5 cm³/mol. The van der Waals surface area contributed by atoms with Crippen molar-refractivity contribution in [2.24, 2.45) is 5.73 Å². The Labute approximate surface area is 84.7 Å². The van der Waals surface area contributed by atoms with Gasteiger partial charge in [-0.1, -0.05) is 6.07 Å². The number of fused-ring (bicyclic) bond motifs is 1. The molecule has 0 saturated heterocycles. The fourth-order valence-electron chi connectivity index (χ4n) is 1.65. The Bertz CT molecular complexity index is 373. The van der Waals surface area contributed by atoms with Gasteiger partial charge in [0.05, 0.1) is 17.8 Å². The van der Waals surface area contributed by atoms with Gasteiger partial charge >= 0.3 is 6.61 Å². The Kier molecular flexibility index (Phi) is 2.54. The monoisotopic (exact) mass is 216 g/mol. The summed E-state index contributed by atoms with van der Waals surface area (Å²) < 4.78 is 27.9. The first-order valence-electron chi connectivity index (χ1n) is 4.46. The fourth-order valence-corrected chi connectivity index (χ4v) is 1.65. The zero-order valence-electron chi connectivity index (χ0n) is 7.73. The molecular weight excluding hydrogens is 206 g/mol. The van der Waals surface area contributed by atoms with E-state index in [-0.39, 0.29) is 12.3 Å². The van der Waals surface area contributed by atoms with Gasteiger partial charge in [-0.3, -0.25) is 0 Å². The summed E-state index contributed by atoms with van der Waals surface area (Å²) in [5, 5.41) is 9.44. The third-order valence-electron chi connectivity index (χ3n) is 2.37. The van der Waals surface area contributed by atoms with Crippen molar-refractivity contribution in [2.75, 3.05) is 0 Å². The molecule has 0 amide bonds. The molecule has 1 heterocycles. The van der Waals surface area contributed by atoms with Gasteiger partial charge in [-0.2, -0.15) is 8.78 Å². The van der Waals surface area contributed by atoms with E-state index in [2.05, 4.69) is 9.72 Å². The highest BCUT2D eigenvalue weighted by Gasteiger charge is 2.29. The van der Waals surface area contributed by atoms with Crippen molar-refractivity contribution >= 4 is 0 Å². The fraction of sp³-hybridized carbons (Fsp3) is 0.444. The summed E-state index contributed by atoms with van der Waals surface area (Å²) in [4.78, 5) is 3.85. The number of pyridine rings is 1. The largest absolute Gasteiger partial charge is 0.417 e. The van der Waals surface area contributed by atoms with E-state index in [0.717, 1.165) is 0 Å². The summed E-state index contributed by atoms with van der Waals surface area (Å²) >= 11 is 0. The molecule has 1 aromatic heterocycles. The molecule has 0 radical (unpaired) electrons. The van der Waals surface area contributed by atoms with Gasteiger partial charge in [0, 0.05) is 12.5 Å². The molecular formula is C9H10F2N2O2. The summed E-state index contributed by atoms with van der Waals surface area (Å²) in [5.41, 5.74) is 6.87. The van der Waals surface area contributed by atoms with Gasteiger partial charge in [-0.05, 0) is 5.56 Å². The van der Waals surface area contributed by atoms with E-state index in [0.29, 0.717) is 11.3 Å². The zero-order valence-corrected chi connectivity index (χ0v) is 7.73. The topological polar surface area (TPSA) is 68.4 Å². The molecule has 15 heavy (non-hydrogen) atoms. The molecule has 4 nitrogen and oxygen atoms in total. The van der Waals surface area contributed by atoms with Crippen molar-refractivity contribution in [1.82, 2.24) is 4.98 Å². The van der Waals surface area contributed by atoms with Gasteiger partial charge in [-0.15, -0.1) is 0 Å². The number of aromatic nitrogens is 1. The molecule has 2 rings (SSSR count). The van der Waals surface area contributed by atoms with Gasteiger partial charge in [0.25, 0.3) is 0 Å². The highest BCUT2D eigenvalue weighted by atomic mass is 19.3. The van der Waals surface area contributed by atoms with Crippen molar-refractivity contribution in [3.63, 3.8) is 0 Å². The van der Waals surface area contributed by atoms with Crippen molar-refractivity contribution in [3.05, 3.63) is 23.4 Å². The Morgan fingerprint density at radius 2 is 2.27 bits per heavy atom. The lowest BCUT2D eigenvalue weighted by Gasteiger charge is -2.08. The number of rotatable bonds is 2. The molecule has 0 saturated carbocycles. The second-order valence-electron chi connectivity index (χ2n) is 3.36. The number of aliphatic hydroxyl groups is 1. The Morgan fingerprint density at radius 1 is 1.53 bits per heavy atom. The highest BCUT2D eigenvalue weighted by Crippen LogP contribution is 2.29. The van der Waals surface area contributed by atoms with Crippen molar-refractivity contribution < 1.29 is 18.6 Å². The first-order valence-corrected chi connectivity index (χ1v) is 4.46. The van der Waals surface area contributed by atoms with E-state index < -0.39 is 18.8 Å². The second kappa shape index (κ2) is 3.71. The normalized spacial score (nSPS) is 24.3. The van der Waals surface area contributed by atoms with Crippen LogP contribution in [0.15, 0.2) is 12.1 Å². The Hall–Kier alpha value is -1.27. The quantitative estimate of drug-likeness (QED) is 0.759. The molecule has 1 aromatic rings. The number of nitrogens with two attached hydrogens (primary N) is 1. The van der Waals surface area contributed by atoms with Crippen LogP contribution < -0.4 is 10.5 Å². The minimum Gasteiger partial charge on any atom is -0.417 e. The van der Waals surface area contributed by atoms with Crippen LogP contribution in [0, 0.1) is 0 Å². The van der Waals surface area contributed by atoms with Crippen LogP contribution in [-0.4, -0.2) is 22.8 Å². The average Bonchev–Trinajstić information content (AvgIpc) is 2.41. The van der Waals surface area contributed by atoms with Crippen molar-refractivity contribution in [2.45, 2.75) is 25.2 Å². The maximum atomic E-state index is 11.9. The van der Waals surface area contributed by atoms with Gasteiger partial charge in [0.1, 0.15) is 0 Å². The molecule has 0 bridgehead atoms. The van der Waals surface area contributed by atoms with Crippen LogP contribution in [0.5, 0.6) is 5.88 Å². The summed E-state index contributed by atoms with van der Waals surface area (Å²) in [6, 6.07) is 2.39. The summed E-state index contributed by atoms with van der Waals surface area (Å²) in [6.07, 6.45) is -0.425. The SMILES string of the molecule is N[C@H]1c2ccc(OC(F)F)nc2C[C@H]1O. The van der Waals surface area contributed by atoms with Crippen molar-refractivity contribution in [1.29, 1.82) is 0 Å². The number of hydrogen-bond acceptors (Lipinski definition) is 4. The molecule has 6 heteroatoms. The van der Waals surface area contributed by atoms with E-state index >= 15 is 0 Å². The molecule has 0 unspecified atom stereocenters. The van der Waals surface area contributed by atoms with E-state index in [9.17, 15) is 13.9 Å². The molecule has 0 aromatic carbocycles. The maximum Gasteiger partial charge on any atom is 0.388 e. The van der Waals surface area contributed by atoms with E-state index in [1.54, 1.807) is 6.07 Å². The predicted octanol–water partition coefficient (Wildman–Crippen LogP) is 0.600. The average molecular weight is 216 g/mol. The van der Waals surface area contributed by atoms with E-state index in [1.807, 2.05) is 0 Å². The molecule has 2 atom stereocenters. The number of aliphatic hydroxyl groups excluding tert-OH is 1. The van der Waals surface area contributed by atoms with Crippen LogP contribution in [0.25, 0.3) is 0 Å². The van der Waals surface area contributed by atoms with Crippen LogP contribution in [-0.2, 0) is 6.42 Å². The summed E-state index contributed by atoms with van der Waals surface area (Å²) in [7, 11) is 0. The molecule has 1 aliphatic rings. The smallest absolute Gasteiger partial charge is 0.388 e. The van der Waals surface area contributed by atoms with Crippen LogP contribution in [0.2, 0.25) is 0 Å². The minimum atomic E-state index is -2.89. The van der Waals surface area contributed by atoms with Crippen LogP contribution >= 0.6 is 0 Å². The maximum absolute atomic E-state index is 11.9. The zero-order chi connectivity index (χ0) is 11.0. The third-order valence-corrected chi connectivity index (χ3v) is 2.37. The van der Waals surface area contributed by atoms with Gasteiger partial charge in [0.15, 0.2) is 0 Å². The lowest BCUT2D eigenvalue weighted by Crippen LogP contribution is -2.21. The van der Waals surface area contributed by atoms with Gasteiger partial charge in [-0.25, -0.2) is 4.98 Å². The standard InChI is InChI=1S/C9H10F2N2O2/c10-9(11)15-7-2-1-4-5(13-7)3-6(14)8(4)12/h1-2,6,8-9,14H,3,12H2/t6-,8+/m1/s1. The number of nitrogens with zero attached hydrogens (tertiary/aromatic N) is 1. The second-order valence-corrected chi connectivity index (χ2v) is 3.36. The van der Waals surface area contributed by atoms with Gasteiger partial charge in [0.2, 0.25) is 5.88 Å². The van der Waals surface area contributed by atoms with E-state index in [1.165, 1.54) is 6.07 Å². The van der Waals surface area contributed by atoms with Crippen LogP contribution in [0.1, 0.15) is 17.3 Å². The third kappa shape index (κ3) is 1.91. The molecule has 3 N–H and O–H groups in total. The highest BCUT2D eigenvalue weighted by molar-refractivity contribution is 5.34.